The van der Waals surface area contributed by atoms with Gasteiger partial charge in [0.05, 0.1) is 11.3 Å². The standard InChI is InChI=1S/C10H12BrNO2/c1-6(2)12-9-5-7(11)3-4-8(9)10(13)14/h3-6,12H,1-2H3,(H,13,14). The van der Waals surface area contributed by atoms with E-state index in [1.807, 2.05) is 13.8 Å². The zero-order chi connectivity index (χ0) is 10.7. The summed E-state index contributed by atoms with van der Waals surface area (Å²) >= 11 is 3.30. The molecule has 3 nitrogen and oxygen atoms in total. The Hall–Kier alpha value is -1.03. The average Bonchev–Trinajstić information content (AvgIpc) is 2.01. The Bertz CT molecular complexity index is 350. The Morgan fingerprint density at radius 2 is 2.14 bits per heavy atom. The van der Waals surface area contributed by atoms with Crippen molar-refractivity contribution >= 4 is 27.6 Å². The van der Waals surface area contributed by atoms with Crippen molar-refractivity contribution in [2.24, 2.45) is 0 Å². The number of hydrogen-bond donors (Lipinski definition) is 2. The van der Waals surface area contributed by atoms with Crippen LogP contribution >= 0.6 is 15.9 Å². The Morgan fingerprint density at radius 1 is 1.50 bits per heavy atom. The Morgan fingerprint density at radius 3 is 2.64 bits per heavy atom. The molecule has 0 amide bonds. The number of carbonyl (C=O) groups is 1. The number of carboxylic acid groups (broad SMARTS) is 1. The number of carboxylic acids is 1. The van der Waals surface area contributed by atoms with Gasteiger partial charge in [-0.25, -0.2) is 4.79 Å². The van der Waals surface area contributed by atoms with Crippen molar-refractivity contribution < 1.29 is 9.90 Å². The van der Waals surface area contributed by atoms with Gasteiger partial charge in [0.1, 0.15) is 0 Å². The van der Waals surface area contributed by atoms with Crippen molar-refractivity contribution in [3.05, 3.63) is 28.2 Å². The first-order chi connectivity index (χ1) is 6.50. The second kappa shape index (κ2) is 4.46. The zero-order valence-electron chi connectivity index (χ0n) is 8.04. The summed E-state index contributed by atoms with van der Waals surface area (Å²) in [6, 6.07) is 5.28. The van der Waals surface area contributed by atoms with Crippen LogP contribution in [0, 0.1) is 0 Å². The molecule has 0 fully saturated rings. The number of rotatable bonds is 3. The molecule has 4 heteroatoms. The quantitative estimate of drug-likeness (QED) is 0.876. The van der Waals surface area contributed by atoms with Gasteiger partial charge < -0.3 is 10.4 Å². The van der Waals surface area contributed by atoms with Gasteiger partial charge in [0, 0.05) is 10.5 Å². The second-order valence-electron chi connectivity index (χ2n) is 3.29. The van der Waals surface area contributed by atoms with Crippen molar-refractivity contribution in [2.45, 2.75) is 19.9 Å². The summed E-state index contributed by atoms with van der Waals surface area (Å²) in [7, 11) is 0. The number of anilines is 1. The SMILES string of the molecule is CC(C)Nc1cc(Br)ccc1C(=O)O. The number of aromatic carboxylic acids is 1. The van der Waals surface area contributed by atoms with Crippen molar-refractivity contribution in [3.63, 3.8) is 0 Å². The van der Waals surface area contributed by atoms with E-state index < -0.39 is 5.97 Å². The van der Waals surface area contributed by atoms with Crippen LogP contribution in [0.15, 0.2) is 22.7 Å². The van der Waals surface area contributed by atoms with Crippen LogP contribution in [-0.4, -0.2) is 17.1 Å². The monoisotopic (exact) mass is 257 g/mol. The Labute approximate surface area is 91.3 Å². The highest BCUT2D eigenvalue weighted by Crippen LogP contribution is 2.22. The Kier molecular flexibility index (Phi) is 3.52. The molecule has 0 aromatic heterocycles. The van der Waals surface area contributed by atoms with Gasteiger partial charge in [0.15, 0.2) is 0 Å². The van der Waals surface area contributed by atoms with Crippen LogP contribution < -0.4 is 5.32 Å². The molecule has 1 aromatic rings. The summed E-state index contributed by atoms with van der Waals surface area (Å²) in [5.74, 6) is -0.916. The van der Waals surface area contributed by atoms with Crippen molar-refractivity contribution in [1.82, 2.24) is 0 Å². The summed E-state index contributed by atoms with van der Waals surface area (Å²) in [4.78, 5) is 10.9. The molecular weight excluding hydrogens is 246 g/mol. The van der Waals surface area contributed by atoms with Crippen LogP contribution in [-0.2, 0) is 0 Å². The second-order valence-corrected chi connectivity index (χ2v) is 4.21. The lowest BCUT2D eigenvalue weighted by molar-refractivity contribution is 0.0698. The van der Waals surface area contributed by atoms with E-state index in [9.17, 15) is 4.79 Å². The van der Waals surface area contributed by atoms with Crippen LogP contribution in [0.5, 0.6) is 0 Å². The molecule has 0 spiro atoms. The van der Waals surface area contributed by atoms with E-state index in [2.05, 4.69) is 21.2 Å². The molecule has 0 aliphatic carbocycles. The van der Waals surface area contributed by atoms with Crippen LogP contribution in [0.4, 0.5) is 5.69 Å². The van der Waals surface area contributed by atoms with Crippen molar-refractivity contribution in [2.75, 3.05) is 5.32 Å². The van der Waals surface area contributed by atoms with Crippen LogP contribution in [0.1, 0.15) is 24.2 Å². The number of halogens is 1. The minimum atomic E-state index is -0.916. The van der Waals surface area contributed by atoms with Crippen LogP contribution in [0.2, 0.25) is 0 Å². The third-order valence-corrected chi connectivity index (χ3v) is 2.15. The van der Waals surface area contributed by atoms with E-state index in [1.165, 1.54) is 0 Å². The molecule has 0 atom stereocenters. The largest absolute Gasteiger partial charge is 0.478 e. The predicted octanol–water partition coefficient (Wildman–Crippen LogP) is 2.97. The highest BCUT2D eigenvalue weighted by Gasteiger charge is 2.10. The van der Waals surface area contributed by atoms with Gasteiger partial charge in [-0.1, -0.05) is 15.9 Å². The van der Waals surface area contributed by atoms with Gasteiger partial charge in [-0.3, -0.25) is 0 Å². The van der Waals surface area contributed by atoms with Crippen molar-refractivity contribution in [3.8, 4) is 0 Å². The molecular formula is C10H12BrNO2. The van der Waals surface area contributed by atoms with E-state index in [0.717, 1.165) is 4.47 Å². The van der Waals surface area contributed by atoms with Crippen molar-refractivity contribution in [1.29, 1.82) is 0 Å². The fourth-order valence-corrected chi connectivity index (χ4v) is 1.49. The fourth-order valence-electron chi connectivity index (χ4n) is 1.13. The molecule has 14 heavy (non-hydrogen) atoms. The highest BCUT2D eigenvalue weighted by atomic mass is 79.9. The van der Waals surface area contributed by atoms with E-state index in [-0.39, 0.29) is 6.04 Å². The first-order valence-electron chi connectivity index (χ1n) is 4.30. The summed E-state index contributed by atoms with van der Waals surface area (Å²) in [6.07, 6.45) is 0. The van der Waals surface area contributed by atoms with E-state index in [1.54, 1.807) is 18.2 Å². The maximum Gasteiger partial charge on any atom is 0.337 e. The van der Waals surface area contributed by atoms with Crippen LogP contribution in [0.25, 0.3) is 0 Å². The number of benzene rings is 1. The maximum atomic E-state index is 10.9. The lowest BCUT2D eigenvalue weighted by Gasteiger charge is -2.12. The molecule has 2 N–H and O–H groups in total. The van der Waals surface area contributed by atoms with Crippen LogP contribution in [0.3, 0.4) is 0 Å². The van der Waals surface area contributed by atoms with Gasteiger partial charge >= 0.3 is 5.97 Å². The lowest BCUT2D eigenvalue weighted by Crippen LogP contribution is -2.13. The molecule has 0 aliphatic heterocycles. The minimum Gasteiger partial charge on any atom is -0.478 e. The number of nitrogens with one attached hydrogen (secondary N) is 1. The molecule has 0 aliphatic rings. The normalized spacial score (nSPS) is 10.3. The summed E-state index contributed by atoms with van der Waals surface area (Å²) in [6.45, 7) is 3.93. The van der Waals surface area contributed by atoms with Gasteiger partial charge in [-0.2, -0.15) is 0 Å². The topological polar surface area (TPSA) is 49.3 Å². The highest BCUT2D eigenvalue weighted by molar-refractivity contribution is 9.10. The van der Waals surface area contributed by atoms with E-state index in [4.69, 9.17) is 5.11 Å². The molecule has 1 aromatic carbocycles. The third kappa shape index (κ3) is 2.73. The van der Waals surface area contributed by atoms with E-state index >= 15 is 0 Å². The summed E-state index contributed by atoms with van der Waals surface area (Å²) < 4.78 is 0.866. The first-order valence-corrected chi connectivity index (χ1v) is 5.09. The van der Waals surface area contributed by atoms with Gasteiger partial charge in [-0.05, 0) is 32.0 Å². The van der Waals surface area contributed by atoms with E-state index in [0.29, 0.717) is 11.3 Å². The predicted molar refractivity (Wildman–Crippen MR) is 59.9 cm³/mol. The maximum absolute atomic E-state index is 10.9. The smallest absolute Gasteiger partial charge is 0.337 e. The third-order valence-electron chi connectivity index (χ3n) is 1.66. The minimum absolute atomic E-state index is 0.211. The van der Waals surface area contributed by atoms with Gasteiger partial charge in [-0.15, -0.1) is 0 Å². The van der Waals surface area contributed by atoms with Gasteiger partial charge in [0.2, 0.25) is 0 Å². The number of hydrogen-bond acceptors (Lipinski definition) is 2. The first kappa shape index (κ1) is 11.0. The molecule has 0 unspecified atom stereocenters. The summed E-state index contributed by atoms with van der Waals surface area (Å²) in [5, 5.41) is 12.0. The molecule has 0 heterocycles. The molecule has 1 rings (SSSR count). The molecule has 76 valence electrons. The Balaban J connectivity index is 3.09. The molecule has 0 saturated heterocycles. The average molecular weight is 258 g/mol. The molecule has 0 saturated carbocycles. The molecule has 0 bridgehead atoms. The fraction of sp³-hybridized carbons (Fsp3) is 0.300. The van der Waals surface area contributed by atoms with Gasteiger partial charge in [0.25, 0.3) is 0 Å². The molecule has 0 radical (unpaired) electrons. The zero-order valence-corrected chi connectivity index (χ0v) is 9.63. The lowest BCUT2D eigenvalue weighted by atomic mass is 10.1. The summed E-state index contributed by atoms with van der Waals surface area (Å²) in [5.41, 5.74) is 0.934.